The van der Waals surface area contributed by atoms with E-state index in [0.29, 0.717) is 17.3 Å². The van der Waals surface area contributed by atoms with E-state index >= 15 is 0 Å². The summed E-state index contributed by atoms with van der Waals surface area (Å²) in [6.45, 7) is 0.697. The van der Waals surface area contributed by atoms with Gasteiger partial charge in [0.15, 0.2) is 0 Å². The summed E-state index contributed by atoms with van der Waals surface area (Å²) in [7, 11) is -1.65. The molecule has 2 aromatic rings. The number of hydrogen-bond acceptors (Lipinski definition) is 8. The van der Waals surface area contributed by atoms with Gasteiger partial charge in [-0.15, -0.1) is 0 Å². The molecule has 0 amide bonds. The Balaban J connectivity index is 1.45. The fourth-order valence-corrected chi connectivity index (χ4v) is 6.05. The molecule has 0 saturated carbocycles. The van der Waals surface area contributed by atoms with Crippen LogP contribution in [0.4, 0.5) is 11.4 Å². The molecule has 2 heterocycles. The predicted octanol–water partition coefficient (Wildman–Crippen LogP) is 3.49. The molecule has 2 aromatic carbocycles. The molecule has 2 aliphatic heterocycles. The Morgan fingerprint density at radius 2 is 2.00 bits per heavy atom. The molecule has 10 heteroatoms. The van der Waals surface area contributed by atoms with E-state index in [2.05, 4.69) is 0 Å². The van der Waals surface area contributed by atoms with E-state index in [1.807, 2.05) is 77.5 Å². The number of para-hydroxylation sites is 1. The third-order valence-corrected chi connectivity index (χ3v) is 8.15. The van der Waals surface area contributed by atoms with E-state index in [4.69, 9.17) is 9.29 Å². The molecular weight excluding hydrogens is 444 g/mol. The SMILES string of the molecule is CN(CCSS(=O)(=O)O)c1ccc(/C=C/C23OC(=O)CN2c2ccccc2S3)cc1. The summed E-state index contributed by atoms with van der Waals surface area (Å²) in [6.07, 6.45) is 3.84. The molecular formula is C20H20N2O5S3. The van der Waals surface area contributed by atoms with Crippen LogP contribution < -0.4 is 9.80 Å². The van der Waals surface area contributed by atoms with Gasteiger partial charge in [0.05, 0.1) is 5.69 Å². The smallest absolute Gasteiger partial charge is 0.328 e. The van der Waals surface area contributed by atoms with E-state index in [1.165, 1.54) is 11.8 Å². The maximum Gasteiger partial charge on any atom is 0.328 e. The average molecular weight is 465 g/mol. The first-order valence-electron chi connectivity index (χ1n) is 9.16. The molecule has 0 aromatic heterocycles. The molecule has 30 heavy (non-hydrogen) atoms. The third kappa shape index (κ3) is 4.46. The topological polar surface area (TPSA) is 87.1 Å². The first-order valence-corrected chi connectivity index (χ1v) is 12.9. The van der Waals surface area contributed by atoms with E-state index in [9.17, 15) is 13.2 Å². The molecule has 1 atom stereocenters. The molecule has 0 radical (unpaired) electrons. The summed E-state index contributed by atoms with van der Waals surface area (Å²) in [5, 5.41) is -0.858. The summed E-state index contributed by atoms with van der Waals surface area (Å²) in [5.74, 6) is 0.0137. The Labute approximate surface area is 183 Å². The molecule has 1 unspecified atom stereocenters. The highest BCUT2D eigenvalue weighted by Gasteiger charge is 2.52. The molecule has 1 N–H and O–H groups in total. The van der Waals surface area contributed by atoms with Crippen LogP contribution in [0, 0.1) is 0 Å². The van der Waals surface area contributed by atoms with Crippen molar-refractivity contribution in [2.45, 2.75) is 9.95 Å². The van der Waals surface area contributed by atoms with Gasteiger partial charge < -0.3 is 14.5 Å². The first-order chi connectivity index (χ1) is 14.3. The standard InChI is InChI=1S/C20H20N2O5S3/c1-21(12-13-28-30(24,25)26)16-8-6-15(7-9-16)10-11-20-22(14-19(23)27-20)17-4-2-3-5-18(17)29-20/h2-11H,12-14H2,1H3,(H,24,25,26)/b11-10+. The Bertz CT molecular complexity index is 1090. The number of nitrogens with zero attached hydrogens (tertiary/aromatic N) is 2. The number of carbonyl (C=O) groups excluding carboxylic acids is 1. The number of esters is 1. The highest BCUT2D eigenvalue weighted by molar-refractivity contribution is 8.69. The van der Waals surface area contributed by atoms with Crippen LogP contribution in [-0.4, -0.2) is 49.9 Å². The lowest BCUT2D eigenvalue weighted by atomic mass is 10.1. The Hall–Kier alpha value is -2.14. The van der Waals surface area contributed by atoms with Gasteiger partial charge in [-0.05, 0) is 58.5 Å². The largest absolute Gasteiger partial charge is 0.424 e. The van der Waals surface area contributed by atoms with Crippen LogP contribution in [0.15, 0.2) is 59.5 Å². The second kappa shape index (κ2) is 8.18. The van der Waals surface area contributed by atoms with Gasteiger partial charge in [0, 0.05) is 29.9 Å². The molecule has 1 saturated heterocycles. The summed E-state index contributed by atoms with van der Waals surface area (Å²) in [6, 6.07) is 15.7. The van der Waals surface area contributed by atoms with Gasteiger partial charge in [-0.3, -0.25) is 9.35 Å². The zero-order chi connectivity index (χ0) is 21.4. The number of hydrogen-bond donors (Lipinski definition) is 1. The lowest BCUT2D eigenvalue weighted by Crippen LogP contribution is -2.36. The van der Waals surface area contributed by atoms with Crippen molar-refractivity contribution in [2.24, 2.45) is 0 Å². The van der Waals surface area contributed by atoms with Crippen LogP contribution in [0.3, 0.4) is 0 Å². The highest BCUT2D eigenvalue weighted by atomic mass is 33.1. The lowest BCUT2D eigenvalue weighted by molar-refractivity contribution is -0.140. The number of rotatable bonds is 7. The van der Waals surface area contributed by atoms with Crippen LogP contribution in [0.2, 0.25) is 0 Å². The Morgan fingerprint density at radius 1 is 1.27 bits per heavy atom. The molecule has 0 aliphatic carbocycles. The summed E-state index contributed by atoms with van der Waals surface area (Å²) in [4.78, 5) is 16.9. The van der Waals surface area contributed by atoms with Crippen LogP contribution in [-0.2, 0) is 18.7 Å². The van der Waals surface area contributed by atoms with E-state index < -0.39 is 14.2 Å². The Morgan fingerprint density at radius 3 is 2.73 bits per heavy atom. The monoisotopic (exact) mass is 464 g/mol. The second-order valence-electron chi connectivity index (χ2n) is 6.86. The van der Waals surface area contributed by atoms with E-state index in [1.54, 1.807) is 0 Å². The lowest BCUT2D eigenvalue weighted by Gasteiger charge is -2.26. The van der Waals surface area contributed by atoms with Crippen LogP contribution in [0.1, 0.15) is 5.56 Å². The van der Waals surface area contributed by atoms with Crippen LogP contribution >= 0.6 is 22.6 Å². The molecule has 158 valence electrons. The molecule has 7 nitrogen and oxygen atoms in total. The number of ether oxygens (including phenoxy) is 1. The molecule has 1 fully saturated rings. The first kappa shape index (κ1) is 21.1. The maximum atomic E-state index is 12.0. The van der Waals surface area contributed by atoms with Gasteiger partial charge in [-0.25, -0.2) is 0 Å². The maximum absolute atomic E-state index is 12.0. The number of benzene rings is 2. The molecule has 4 rings (SSSR count). The fraction of sp³-hybridized carbons (Fsp3) is 0.250. The highest BCUT2D eigenvalue weighted by Crippen LogP contribution is 2.54. The van der Waals surface area contributed by atoms with Crippen molar-refractivity contribution in [2.75, 3.05) is 35.7 Å². The fourth-order valence-electron chi connectivity index (χ4n) is 3.35. The average Bonchev–Trinajstić information content (AvgIpc) is 3.17. The van der Waals surface area contributed by atoms with Gasteiger partial charge in [-0.1, -0.05) is 30.3 Å². The van der Waals surface area contributed by atoms with Crippen molar-refractivity contribution in [1.82, 2.24) is 0 Å². The Kier molecular flexibility index (Phi) is 5.75. The number of anilines is 2. The number of thioether (sulfide) groups is 1. The van der Waals surface area contributed by atoms with Gasteiger partial charge in [-0.2, -0.15) is 8.42 Å². The van der Waals surface area contributed by atoms with Crippen LogP contribution in [0.5, 0.6) is 0 Å². The van der Waals surface area contributed by atoms with Gasteiger partial charge in [0.25, 0.3) is 5.06 Å². The molecule has 2 aliphatic rings. The predicted molar refractivity (Wildman–Crippen MR) is 121 cm³/mol. The summed E-state index contributed by atoms with van der Waals surface area (Å²) in [5.41, 5.74) is 2.88. The minimum absolute atomic E-state index is 0.222. The van der Waals surface area contributed by atoms with Crippen molar-refractivity contribution in [1.29, 1.82) is 0 Å². The minimum atomic E-state index is -4.02. The number of carbonyl (C=O) groups is 1. The van der Waals surface area contributed by atoms with Gasteiger partial charge in [0.2, 0.25) is 0 Å². The minimum Gasteiger partial charge on any atom is -0.424 e. The van der Waals surface area contributed by atoms with Gasteiger partial charge in [0.1, 0.15) is 6.54 Å². The number of fused-ring (bicyclic) bond motifs is 3. The summed E-state index contributed by atoms with van der Waals surface area (Å²) >= 11 is 1.51. The van der Waals surface area contributed by atoms with E-state index in [-0.39, 0.29) is 18.3 Å². The molecule has 0 bridgehead atoms. The second-order valence-corrected chi connectivity index (χ2v) is 11.6. The zero-order valence-electron chi connectivity index (χ0n) is 16.1. The van der Waals surface area contributed by atoms with Crippen molar-refractivity contribution in [3.63, 3.8) is 0 Å². The van der Waals surface area contributed by atoms with Crippen molar-refractivity contribution >= 4 is 55.1 Å². The van der Waals surface area contributed by atoms with Crippen molar-refractivity contribution in [3.8, 4) is 0 Å². The van der Waals surface area contributed by atoms with Crippen LogP contribution in [0.25, 0.3) is 6.08 Å². The van der Waals surface area contributed by atoms with Gasteiger partial charge >= 0.3 is 15.1 Å². The zero-order valence-corrected chi connectivity index (χ0v) is 18.5. The molecule has 0 spiro atoms. The van der Waals surface area contributed by atoms with E-state index in [0.717, 1.165) is 21.8 Å². The normalized spacial score (nSPS) is 20.3. The van der Waals surface area contributed by atoms with Crippen molar-refractivity contribution < 1.29 is 22.5 Å². The quantitative estimate of drug-likeness (QED) is 0.376. The summed E-state index contributed by atoms with van der Waals surface area (Å²) < 4.78 is 36.1. The third-order valence-electron chi connectivity index (χ3n) is 4.81. The van der Waals surface area contributed by atoms with Crippen molar-refractivity contribution in [3.05, 3.63) is 60.2 Å².